The van der Waals surface area contributed by atoms with Crippen LogP contribution in [0.4, 0.5) is 0 Å². The van der Waals surface area contributed by atoms with Crippen molar-refractivity contribution in [2.45, 2.75) is 26.2 Å². The maximum Gasteiger partial charge on any atom is 0.146 e. The Morgan fingerprint density at radius 2 is 1.86 bits per heavy atom. The Morgan fingerprint density at radius 1 is 1.05 bits per heavy atom. The molecule has 22 heavy (non-hydrogen) atoms. The first kappa shape index (κ1) is 13.8. The summed E-state index contributed by atoms with van der Waals surface area (Å²) in [5, 5.41) is 3.78. The minimum atomic E-state index is 1.000. The van der Waals surface area contributed by atoms with Crippen molar-refractivity contribution in [1.82, 2.24) is 9.38 Å². The maximum atomic E-state index is 4.58. The van der Waals surface area contributed by atoms with E-state index in [-0.39, 0.29) is 0 Å². The molecule has 0 fully saturated rings. The van der Waals surface area contributed by atoms with Gasteiger partial charge in [-0.15, -0.1) is 0 Å². The normalized spacial score (nSPS) is 11.7. The molecule has 2 aromatic heterocycles. The van der Waals surface area contributed by atoms with Crippen LogP contribution in [-0.4, -0.2) is 9.38 Å². The molecule has 0 saturated heterocycles. The van der Waals surface area contributed by atoms with E-state index in [1.807, 2.05) is 6.20 Å². The molecule has 0 unspecified atom stereocenters. The van der Waals surface area contributed by atoms with Crippen molar-refractivity contribution in [1.29, 1.82) is 0 Å². The molecule has 0 atom stereocenters. The molecular formula is C19H17BrN2. The number of aryl methyl sites for hydroxylation is 1. The third-order valence-electron chi connectivity index (χ3n) is 4.30. The highest BCUT2D eigenvalue weighted by molar-refractivity contribution is 9.10. The fourth-order valence-corrected chi connectivity index (χ4v) is 3.65. The summed E-state index contributed by atoms with van der Waals surface area (Å²) < 4.78 is 3.20. The lowest BCUT2D eigenvalue weighted by atomic mass is 10.0. The number of hydrogen-bond donors (Lipinski definition) is 0. The van der Waals surface area contributed by atoms with Crippen LogP contribution >= 0.6 is 15.9 Å². The summed E-state index contributed by atoms with van der Waals surface area (Å²) in [6.07, 6.45) is 5.49. The highest BCUT2D eigenvalue weighted by Crippen LogP contribution is 2.32. The summed E-state index contributed by atoms with van der Waals surface area (Å²) in [6.45, 7) is 2.24. The number of unbranched alkanes of at least 4 members (excludes halogenated alkanes) is 1. The van der Waals surface area contributed by atoms with Gasteiger partial charge in [-0.1, -0.05) is 43.7 Å². The van der Waals surface area contributed by atoms with Gasteiger partial charge in [-0.25, -0.2) is 4.98 Å². The summed E-state index contributed by atoms with van der Waals surface area (Å²) in [6, 6.07) is 15.4. The van der Waals surface area contributed by atoms with Gasteiger partial charge in [0.05, 0.1) is 11.7 Å². The topological polar surface area (TPSA) is 17.3 Å². The molecular weight excluding hydrogens is 336 g/mol. The SMILES string of the molecule is CCCCc1ccc2c(c1)c1ccccc1c1ncc(Br)n21. The zero-order valence-electron chi connectivity index (χ0n) is 12.5. The van der Waals surface area contributed by atoms with Crippen LogP contribution in [0.15, 0.2) is 53.3 Å². The number of imidazole rings is 1. The standard InChI is InChI=1S/C19H17BrN2/c1-2-3-6-13-9-10-17-16(11-13)14-7-4-5-8-15(14)19-21-12-18(20)22(17)19/h4-5,7-12H,2-3,6H2,1H3. The van der Waals surface area contributed by atoms with E-state index in [0.29, 0.717) is 0 Å². The molecule has 0 amide bonds. The van der Waals surface area contributed by atoms with Gasteiger partial charge in [0.1, 0.15) is 10.3 Å². The van der Waals surface area contributed by atoms with Crippen molar-refractivity contribution in [3.8, 4) is 0 Å². The van der Waals surface area contributed by atoms with Crippen LogP contribution in [-0.2, 0) is 6.42 Å². The van der Waals surface area contributed by atoms with Crippen LogP contribution in [0.3, 0.4) is 0 Å². The van der Waals surface area contributed by atoms with Crippen molar-refractivity contribution >= 4 is 43.3 Å². The van der Waals surface area contributed by atoms with Crippen molar-refractivity contribution in [3.63, 3.8) is 0 Å². The quantitative estimate of drug-likeness (QED) is 0.429. The highest BCUT2D eigenvalue weighted by Gasteiger charge is 2.11. The molecule has 3 heteroatoms. The van der Waals surface area contributed by atoms with Gasteiger partial charge >= 0.3 is 0 Å². The van der Waals surface area contributed by atoms with Crippen molar-refractivity contribution in [2.75, 3.05) is 0 Å². The first-order valence-corrected chi connectivity index (χ1v) is 8.55. The fourth-order valence-electron chi connectivity index (χ4n) is 3.19. The first-order chi connectivity index (χ1) is 10.8. The van der Waals surface area contributed by atoms with Gasteiger partial charge in [-0.2, -0.15) is 0 Å². The summed E-state index contributed by atoms with van der Waals surface area (Å²) in [7, 11) is 0. The fraction of sp³-hybridized carbons (Fsp3) is 0.211. The smallest absolute Gasteiger partial charge is 0.146 e. The minimum absolute atomic E-state index is 1.000. The van der Waals surface area contributed by atoms with Gasteiger partial charge in [0.2, 0.25) is 0 Å². The molecule has 0 saturated carbocycles. The minimum Gasteiger partial charge on any atom is -0.286 e. The maximum absolute atomic E-state index is 4.58. The van der Waals surface area contributed by atoms with Gasteiger partial charge in [0.15, 0.2) is 0 Å². The number of pyridine rings is 1. The van der Waals surface area contributed by atoms with Crippen molar-refractivity contribution in [2.24, 2.45) is 0 Å². The third-order valence-corrected chi connectivity index (χ3v) is 4.86. The molecule has 0 N–H and O–H groups in total. The first-order valence-electron chi connectivity index (χ1n) is 7.76. The highest BCUT2D eigenvalue weighted by atomic mass is 79.9. The van der Waals surface area contributed by atoms with E-state index in [0.717, 1.165) is 16.7 Å². The molecule has 0 aliphatic rings. The number of aromatic nitrogens is 2. The molecule has 0 aliphatic carbocycles. The van der Waals surface area contributed by atoms with E-state index < -0.39 is 0 Å². The number of benzene rings is 2. The lowest BCUT2D eigenvalue weighted by Gasteiger charge is -2.10. The van der Waals surface area contributed by atoms with Gasteiger partial charge in [0.25, 0.3) is 0 Å². The van der Waals surface area contributed by atoms with Gasteiger partial charge in [-0.3, -0.25) is 4.40 Å². The van der Waals surface area contributed by atoms with E-state index >= 15 is 0 Å². The lowest BCUT2D eigenvalue weighted by Crippen LogP contribution is -1.93. The van der Waals surface area contributed by atoms with Crippen LogP contribution in [0.1, 0.15) is 25.3 Å². The molecule has 4 rings (SSSR count). The average Bonchev–Trinajstić information content (AvgIpc) is 2.95. The molecule has 0 bridgehead atoms. The predicted octanol–water partition coefficient (Wildman–Crippen LogP) is 5.75. The second-order valence-electron chi connectivity index (χ2n) is 5.74. The van der Waals surface area contributed by atoms with Gasteiger partial charge < -0.3 is 0 Å². The summed E-state index contributed by atoms with van der Waals surface area (Å²) >= 11 is 3.63. The zero-order valence-corrected chi connectivity index (χ0v) is 14.1. The van der Waals surface area contributed by atoms with Crippen LogP contribution in [0.2, 0.25) is 0 Å². The average molecular weight is 353 g/mol. The Balaban J connectivity index is 2.14. The molecule has 110 valence electrons. The third kappa shape index (κ3) is 2.03. The van der Waals surface area contributed by atoms with Crippen LogP contribution in [0, 0.1) is 0 Å². The summed E-state index contributed by atoms with van der Waals surface area (Å²) in [5.41, 5.74) is 3.63. The van der Waals surface area contributed by atoms with Crippen molar-refractivity contribution in [3.05, 3.63) is 58.8 Å². The van der Waals surface area contributed by atoms with E-state index in [1.54, 1.807) is 0 Å². The van der Waals surface area contributed by atoms with Crippen LogP contribution < -0.4 is 0 Å². The Kier molecular flexibility index (Phi) is 3.38. The Bertz CT molecular complexity index is 985. The number of fused-ring (bicyclic) bond motifs is 6. The van der Waals surface area contributed by atoms with E-state index in [4.69, 9.17) is 0 Å². The van der Waals surface area contributed by atoms with Crippen LogP contribution in [0.5, 0.6) is 0 Å². The molecule has 2 heterocycles. The van der Waals surface area contributed by atoms with Gasteiger partial charge in [-0.05, 0) is 51.9 Å². The number of rotatable bonds is 3. The lowest BCUT2D eigenvalue weighted by molar-refractivity contribution is 0.796. The molecule has 2 aromatic carbocycles. The second-order valence-corrected chi connectivity index (χ2v) is 6.55. The predicted molar refractivity (Wildman–Crippen MR) is 96.5 cm³/mol. The molecule has 0 radical (unpaired) electrons. The van der Waals surface area contributed by atoms with E-state index in [1.165, 1.54) is 40.1 Å². The Labute approximate surface area is 137 Å². The number of halogens is 1. The number of hydrogen-bond acceptors (Lipinski definition) is 1. The Morgan fingerprint density at radius 3 is 2.68 bits per heavy atom. The summed E-state index contributed by atoms with van der Waals surface area (Å²) in [5.74, 6) is 0. The molecule has 0 spiro atoms. The van der Waals surface area contributed by atoms with Crippen LogP contribution in [0.25, 0.3) is 27.3 Å². The van der Waals surface area contributed by atoms with Crippen molar-refractivity contribution < 1.29 is 0 Å². The molecule has 0 aliphatic heterocycles. The van der Waals surface area contributed by atoms with E-state index in [9.17, 15) is 0 Å². The summed E-state index contributed by atoms with van der Waals surface area (Å²) in [4.78, 5) is 4.58. The monoisotopic (exact) mass is 352 g/mol. The molecule has 4 aromatic rings. The second kappa shape index (κ2) is 5.40. The van der Waals surface area contributed by atoms with E-state index in [2.05, 4.69) is 74.7 Å². The largest absolute Gasteiger partial charge is 0.286 e. The Hall–Kier alpha value is -1.87. The molecule has 2 nitrogen and oxygen atoms in total. The number of nitrogens with zero attached hydrogens (tertiary/aromatic N) is 2. The van der Waals surface area contributed by atoms with Gasteiger partial charge in [0, 0.05) is 10.8 Å². The zero-order chi connectivity index (χ0) is 15.1.